The fraction of sp³-hybridized carbons (Fsp3) is 0.129. The van der Waals surface area contributed by atoms with Crippen molar-refractivity contribution in [2.45, 2.75) is 62.3 Å². The number of hydrogen-bond donors (Lipinski definition) is 0. The SMILES string of the molecule is C=C(F)/C=C\C(=C)c1c(-n2c3ccc(-c4c(C)cc(C)cc4C)cc3c3ccc(-c4ccccc4)cc32)cc(C#N)cc1-n1c2ccc(-c3c(C)cc(C)cc3C)cc2c2ccc(-c3c(C)cc(C)cc3C)cc21. The van der Waals surface area contributed by atoms with Crippen LogP contribution < -0.4 is 0 Å². The first-order chi connectivity index (χ1) is 35.6. The summed E-state index contributed by atoms with van der Waals surface area (Å²) in [5, 5.41) is 15.5. The quantitative estimate of drug-likeness (QED) is 0.133. The van der Waals surface area contributed by atoms with E-state index in [1.54, 1.807) is 6.08 Å². The lowest BCUT2D eigenvalue weighted by Crippen LogP contribution is -2.07. The third-order valence-corrected chi connectivity index (χ3v) is 15.0. The van der Waals surface area contributed by atoms with Crippen LogP contribution in [0.25, 0.3) is 105 Å². The molecular weight excluding hydrogens is 902 g/mol. The molecule has 0 aliphatic rings. The van der Waals surface area contributed by atoms with Gasteiger partial charge in [-0.05, 0) is 200 Å². The molecular formula is C70H58FN3. The average Bonchev–Trinajstić information content (AvgIpc) is 3.87. The average molecular weight is 960 g/mol. The molecule has 360 valence electrons. The van der Waals surface area contributed by atoms with Crippen LogP contribution in [0.3, 0.4) is 0 Å². The number of benzene rings is 9. The summed E-state index contributed by atoms with van der Waals surface area (Å²) in [6.07, 6.45) is 3.08. The number of nitriles is 1. The summed E-state index contributed by atoms with van der Waals surface area (Å²) in [6.45, 7) is 27.9. The van der Waals surface area contributed by atoms with Crippen LogP contribution in [0.5, 0.6) is 0 Å². The largest absolute Gasteiger partial charge is 0.308 e. The molecule has 4 heteroatoms. The van der Waals surface area contributed by atoms with E-state index in [4.69, 9.17) is 6.58 Å². The second kappa shape index (κ2) is 18.4. The highest BCUT2D eigenvalue weighted by Crippen LogP contribution is 2.45. The monoisotopic (exact) mass is 959 g/mol. The van der Waals surface area contributed by atoms with Gasteiger partial charge in [0.05, 0.1) is 45.1 Å². The van der Waals surface area contributed by atoms with Crippen molar-refractivity contribution in [3.63, 3.8) is 0 Å². The highest BCUT2D eigenvalue weighted by atomic mass is 19.1. The van der Waals surface area contributed by atoms with Crippen LogP contribution in [-0.2, 0) is 0 Å². The third kappa shape index (κ3) is 8.06. The zero-order valence-corrected chi connectivity index (χ0v) is 43.7. The number of allylic oxidation sites excluding steroid dienone is 4. The van der Waals surface area contributed by atoms with Crippen LogP contribution in [0.2, 0.25) is 0 Å². The molecule has 0 spiro atoms. The first kappa shape index (κ1) is 47.5. The minimum atomic E-state index is -0.582. The fourth-order valence-corrected chi connectivity index (χ4v) is 12.4. The standard InChI is InChI=1S/C70H58FN3/c1-40-27-44(5)67(45(6)28-40)54-21-25-61-59(35-54)57-23-19-53(52-15-13-12-14-16-52)37-63(57)73(61)65-33-51(39-72)34-66(70(65)43(4)17-18-50(11)71)74-62-26-22-55(68-46(7)29-41(2)30-47(68)8)36-60(62)58-24-20-56(38-64(58)74)69-48(9)31-42(3)32-49(69)10/h12-38H,4,11H2,1-3,5-10H3/b18-17-. The summed E-state index contributed by atoms with van der Waals surface area (Å²) in [5.74, 6) is -0.582. The third-order valence-electron chi connectivity index (χ3n) is 15.0. The van der Waals surface area contributed by atoms with Crippen LogP contribution in [0.15, 0.2) is 183 Å². The normalized spacial score (nSPS) is 11.7. The van der Waals surface area contributed by atoms with Crippen molar-refractivity contribution in [2.24, 2.45) is 0 Å². The number of aromatic nitrogens is 2. The molecule has 0 N–H and O–H groups in total. The van der Waals surface area contributed by atoms with Gasteiger partial charge in [-0.2, -0.15) is 5.26 Å². The summed E-state index contributed by atoms with van der Waals surface area (Å²) >= 11 is 0. The smallest absolute Gasteiger partial charge is 0.116 e. The molecule has 0 atom stereocenters. The lowest BCUT2D eigenvalue weighted by atomic mass is 9.92. The Balaban J connectivity index is 1.28. The lowest BCUT2D eigenvalue weighted by Gasteiger charge is -2.21. The van der Waals surface area contributed by atoms with Crippen LogP contribution in [0.4, 0.5) is 4.39 Å². The Morgan fingerprint density at radius 2 is 0.811 bits per heavy atom. The van der Waals surface area contributed by atoms with Crippen LogP contribution in [0, 0.1) is 73.6 Å². The maximum atomic E-state index is 14.9. The zero-order valence-electron chi connectivity index (χ0n) is 43.7. The molecule has 2 aromatic heterocycles. The van der Waals surface area contributed by atoms with Gasteiger partial charge in [0.15, 0.2) is 0 Å². The van der Waals surface area contributed by atoms with Gasteiger partial charge in [-0.25, -0.2) is 4.39 Å². The minimum Gasteiger partial charge on any atom is -0.308 e. The molecule has 0 saturated heterocycles. The Bertz CT molecular complexity index is 4210. The van der Waals surface area contributed by atoms with Gasteiger partial charge in [0.1, 0.15) is 5.83 Å². The first-order valence-electron chi connectivity index (χ1n) is 25.4. The number of hydrogen-bond acceptors (Lipinski definition) is 1. The number of rotatable bonds is 9. The number of fused-ring (bicyclic) bond motifs is 6. The molecule has 11 rings (SSSR count). The lowest BCUT2D eigenvalue weighted by molar-refractivity contribution is 0.671. The Hall–Kier alpha value is -8.78. The summed E-state index contributed by atoms with van der Waals surface area (Å²) in [4.78, 5) is 0. The van der Waals surface area contributed by atoms with E-state index in [9.17, 15) is 9.65 Å². The summed E-state index contributed by atoms with van der Waals surface area (Å²) < 4.78 is 19.5. The van der Waals surface area contributed by atoms with E-state index < -0.39 is 5.83 Å². The van der Waals surface area contributed by atoms with Gasteiger partial charge in [0.2, 0.25) is 0 Å². The summed E-state index contributed by atoms with van der Waals surface area (Å²) in [7, 11) is 0. The number of aryl methyl sites for hydroxylation is 9. The number of halogens is 1. The van der Waals surface area contributed by atoms with Gasteiger partial charge in [-0.15, -0.1) is 0 Å². The van der Waals surface area contributed by atoms with Gasteiger partial charge in [-0.3, -0.25) is 0 Å². The van der Waals surface area contributed by atoms with E-state index in [2.05, 4.69) is 218 Å². The molecule has 74 heavy (non-hydrogen) atoms. The van der Waals surface area contributed by atoms with Crippen molar-refractivity contribution >= 4 is 49.2 Å². The van der Waals surface area contributed by atoms with Gasteiger partial charge < -0.3 is 9.13 Å². The first-order valence-corrected chi connectivity index (χ1v) is 25.4. The maximum absolute atomic E-state index is 14.9. The second-order valence-corrected chi connectivity index (χ2v) is 20.6. The van der Waals surface area contributed by atoms with Crippen molar-refractivity contribution in [1.29, 1.82) is 5.26 Å². The number of nitrogens with zero attached hydrogens (tertiary/aromatic N) is 3. The van der Waals surface area contributed by atoms with E-state index in [1.165, 1.54) is 72.8 Å². The molecule has 0 radical (unpaired) electrons. The predicted octanol–water partition coefficient (Wildman–Crippen LogP) is 19.2. The molecule has 11 aromatic rings. The summed E-state index contributed by atoms with van der Waals surface area (Å²) in [5.41, 5.74) is 27.3. The molecule has 0 aliphatic carbocycles. The van der Waals surface area contributed by atoms with Crippen LogP contribution >= 0.6 is 0 Å². The van der Waals surface area contributed by atoms with E-state index >= 15 is 0 Å². The Kier molecular flexibility index (Phi) is 11.8. The molecule has 2 heterocycles. The minimum absolute atomic E-state index is 0.473. The van der Waals surface area contributed by atoms with Crippen molar-refractivity contribution in [2.75, 3.05) is 0 Å². The second-order valence-electron chi connectivity index (χ2n) is 20.6. The van der Waals surface area contributed by atoms with Gasteiger partial charge in [0.25, 0.3) is 0 Å². The van der Waals surface area contributed by atoms with Crippen molar-refractivity contribution in [3.05, 3.63) is 244 Å². The van der Waals surface area contributed by atoms with Gasteiger partial charge in [0, 0.05) is 27.1 Å². The van der Waals surface area contributed by atoms with Crippen molar-refractivity contribution < 1.29 is 4.39 Å². The zero-order chi connectivity index (χ0) is 51.9. The molecule has 0 bridgehead atoms. The van der Waals surface area contributed by atoms with Gasteiger partial charge in [-0.1, -0.05) is 139 Å². The van der Waals surface area contributed by atoms with Gasteiger partial charge >= 0.3 is 0 Å². The molecule has 9 aromatic carbocycles. The molecule has 0 unspecified atom stereocenters. The van der Waals surface area contributed by atoms with E-state index in [0.717, 1.165) is 88.4 Å². The molecule has 0 fully saturated rings. The summed E-state index contributed by atoms with van der Waals surface area (Å²) in [6, 6.07) is 57.5. The van der Waals surface area contributed by atoms with E-state index in [1.807, 2.05) is 18.2 Å². The molecule has 0 saturated carbocycles. The fourth-order valence-electron chi connectivity index (χ4n) is 12.4. The highest BCUT2D eigenvalue weighted by Gasteiger charge is 2.25. The molecule has 3 nitrogen and oxygen atoms in total. The molecule has 0 amide bonds. The predicted molar refractivity (Wildman–Crippen MR) is 313 cm³/mol. The Morgan fingerprint density at radius 3 is 1.23 bits per heavy atom. The van der Waals surface area contributed by atoms with E-state index in [0.29, 0.717) is 11.1 Å². The Morgan fingerprint density at radius 1 is 0.419 bits per heavy atom. The van der Waals surface area contributed by atoms with Crippen LogP contribution in [-0.4, -0.2) is 9.13 Å². The van der Waals surface area contributed by atoms with E-state index in [-0.39, 0.29) is 0 Å². The van der Waals surface area contributed by atoms with Crippen molar-refractivity contribution in [3.8, 4) is 62.0 Å². The topological polar surface area (TPSA) is 33.6 Å². The highest BCUT2D eigenvalue weighted by molar-refractivity contribution is 6.14. The van der Waals surface area contributed by atoms with Crippen molar-refractivity contribution in [1.82, 2.24) is 9.13 Å². The Labute approximate surface area is 434 Å². The molecule has 0 aliphatic heterocycles. The maximum Gasteiger partial charge on any atom is 0.116 e. The van der Waals surface area contributed by atoms with Crippen LogP contribution in [0.1, 0.15) is 61.2 Å².